The van der Waals surface area contributed by atoms with Crippen LogP contribution in [0.4, 0.5) is 0 Å². The van der Waals surface area contributed by atoms with E-state index < -0.39 is 0 Å². The third kappa shape index (κ3) is 4.70. The Morgan fingerprint density at radius 2 is 1.91 bits per heavy atom. The second kappa shape index (κ2) is 7.75. The largest absolute Gasteiger partial charge is 0.483 e. The molecule has 0 fully saturated rings. The van der Waals surface area contributed by atoms with E-state index in [-0.39, 0.29) is 12.5 Å². The van der Waals surface area contributed by atoms with Crippen LogP contribution >= 0.6 is 15.9 Å². The number of amides is 1. The molecule has 1 N–H and O–H groups in total. The van der Waals surface area contributed by atoms with Crippen molar-refractivity contribution in [3.63, 3.8) is 0 Å². The first kappa shape index (κ1) is 16.2. The maximum Gasteiger partial charge on any atom is 0.277 e. The number of rotatable bonds is 5. The number of hydrogen-bond donors (Lipinski definition) is 1. The predicted molar refractivity (Wildman–Crippen MR) is 91.3 cm³/mol. The van der Waals surface area contributed by atoms with Crippen molar-refractivity contribution in [2.75, 3.05) is 6.61 Å². The second-order valence-electron chi connectivity index (χ2n) is 4.86. The second-order valence-corrected chi connectivity index (χ2v) is 5.77. The van der Waals surface area contributed by atoms with Crippen molar-refractivity contribution >= 4 is 28.1 Å². The van der Waals surface area contributed by atoms with E-state index in [4.69, 9.17) is 4.74 Å². The van der Waals surface area contributed by atoms with E-state index in [0.717, 1.165) is 26.9 Å². The lowest BCUT2D eigenvalue weighted by molar-refractivity contribution is -0.123. The normalized spacial score (nSPS) is 10.7. The summed E-state index contributed by atoms with van der Waals surface area (Å²) in [6, 6.07) is 13.5. The highest BCUT2D eigenvalue weighted by Crippen LogP contribution is 2.21. The summed E-state index contributed by atoms with van der Waals surface area (Å²) in [4.78, 5) is 11.7. The molecule has 0 saturated heterocycles. The first-order chi connectivity index (χ1) is 10.6. The van der Waals surface area contributed by atoms with E-state index >= 15 is 0 Å². The van der Waals surface area contributed by atoms with Gasteiger partial charge in [0.2, 0.25) is 0 Å². The van der Waals surface area contributed by atoms with Gasteiger partial charge in [-0.3, -0.25) is 4.79 Å². The number of carbonyl (C=O) groups excluding carboxylic acids is 1. The lowest BCUT2D eigenvalue weighted by Crippen LogP contribution is -2.25. The van der Waals surface area contributed by atoms with Gasteiger partial charge in [-0.25, -0.2) is 5.43 Å². The first-order valence-corrected chi connectivity index (χ1v) is 7.62. The van der Waals surface area contributed by atoms with Crippen LogP contribution in [-0.4, -0.2) is 18.7 Å². The molecule has 0 aliphatic heterocycles. The van der Waals surface area contributed by atoms with Crippen LogP contribution in [0.1, 0.15) is 16.7 Å². The van der Waals surface area contributed by atoms with Gasteiger partial charge in [0.15, 0.2) is 6.61 Å². The fourth-order valence-corrected chi connectivity index (χ4v) is 2.38. The van der Waals surface area contributed by atoms with Crippen molar-refractivity contribution in [1.29, 1.82) is 0 Å². The van der Waals surface area contributed by atoms with Crippen molar-refractivity contribution in [3.8, 4) is 5.75 Å². The first-order valence-electron chi connectivity index (χ1n) is 6.83. The zero-order valence-corrected chi connectivity index (χ0v) is 14.1. The van der Waals surface area contributed by atoms with Crippen LogP contribution in [0.3, 0.4) is 0 Å². The van der Waals surface area contributed by atoms with E-state index in [1.54, 1.807) is 6.21 Å². The standard InChI is InChI=1S/C17H17BrN2O2/c1-12-5-3-6-13(2)17(12)22-11-16(21)20-19-10-14-7-4-8-15(18)9-14/h3-10H,11H2,1-2H3,(H,20,21)/b19-10-. The molecule has 0 spiro atoms. The zero-order chi connectivity index (χ0) is 15.9. The molecular formula is C17H17BrN2O2. The van der Waals surface area contributed by atoms with Gasteiger partial charge in [0.1, 0.15) is 5.75 Å². The molecule has 4 nitrogen and oxygen atoms in total. The highest BCUT2D eigenvalue weighted by atomic mass is 79.9. The smallest absolute Gasteiger partial charge is 0.277 e. The number of nitrogens with zero attached hydrogens (tertiary/aromatic N) is 1. The number of benzene rings is 2. The number of ether oxygens (including phenoxy) is 1. The number of aryl methyl sites for hydroxylation is 2. The van der Waals surface area contributed by atoms with Gasteiger partial charge >= 0.3 is 0 Å². The highest BCUT2D eigenvalue weighted by molar-refractivity contribution is 9.10. The van der Waals surface area contributed by atoms with Gasteiger partial charge in [0.05, 0.1) is 6.21 Å². The molecular weight excluding hydrogens is 344 g/mol. The van der Waals surface area contributed by atoms with E-state index in [1.165, 1.54) is 0 Å². The minimum atomic E-state index is -0.297. The summed E-state index contributed by atoms with van der Waals surface area (Å²) in [5.74, 6) is 0.447. The summed E-state index contributed by atoms with van der Waals surface area (Å²) in [5.41, 5.74) is 5.35. The summed E-state index contributed by atoms with van der Waals surface area (Å²) < 4.78 is 6.52. The summed E-state index contributed by atoms with van der Waals surface area (Å²) in [6.45, 7) is 3.83. The number of halogens is 1. The average molecular weight is 361 g/mol. The van der Waals surface area contributed by atoms with E-state index in [1.807, 2.05) is 56.3 Å². The van der Waals surface area contributed by atoms with Crippen LogP contribution in [-0.2, 0) is 4.79 Å². The van der Waals surface area contributed by atoms with E-state index in [0.29, 0.717) is 0 Å². The summed E-state index contributed by atoms with van der Waals surface area (Å²) in [7, 11) is 0. The van der Waals surface area contributed by atoms with Crippen LogP contribution in [0, 0.1) is 13.8 Å². The minimum absolute atomic E-state index is 0.0679. The molecule has 2 aromatic rings. The Morgan fingerprint density at radius 1 is 1.23 bits per heavy atom. The van der Waals surface area contributed by atoms with Crippen molar-refractivity contribution < 1.29 is 9.53 Å². The topological polar surface area (TPSA) is 50.7 Å². The van der Waals surface area contributed by atoms with Gasteiger partial charge in [0, 0.05) is 4.47 Å². The number of para-hydroxylation sites is 1. The Morgan fingerprint density at radius 3 is 2.59 bits per heavy atom. The molecule has 2 aromatic carbocycles. The predicted octanol–water partition coefficient (Wildman–Crippen LogP) is 3.60. The minimum Gasteiger partial charge on any atom is -0.483 e. The zero-order valence-electron chi connectivity index (χ0n) is 12.5. The Kier molecular flexibility index (Phi) is 5.72. The molecule has 0 bridgehead atoms. The monoisotopic (exact) mass is 360 g/mol. The van der Waals surface area contributed by atoms with Gasteiger partial charge in [-0.15, -0.1) is 0 Å². The van der Waals surface area contributed by atoms with Crippen molar-refractivity contribution in [3.05, 3.63) is 63.6 Å². The molecule has 2 rings (SSSR count). The Bertz CT molecular complexity index is 679. The molecule has 0 saturated carbocycles. The molecule has 0 aliphatic rings. The highest BCUT2D eigenvalue weighted by Gasteiger charge is 2.06. The maximum atomic E-state index is 11.7. The van der Waals surface area contributed by atoms with Crippen molar-refractivity contribution in [2.45, 2.75) is 13.8 Å². The van der Waals surface area contributed by atoms with Gasteiger partial charge in [-0.2, -0.15) is 5.10 Å². The van der Waals surface area contributed by atoms with Crippen LogP contribution in [0.5, 0.6) is 5.75 Å². The third-order valence-corrected chi connectivity index (χ3v) is 3.50. The molecule has 22 heavy (non-hydrogen) atoms. The molecule has 0 radical (unpaired) electrons. The summed E-state index contributed by atoms with van der Waals surface area (Å²) in [6.07, 6.45) is 1.58. The molecule has 1 amide bonds. The van der Waals surface area contributed by atoms with Gasteiger partial charge < -0.3 is 4.74 Å². The fourth-order valence-electron chi connectivity index (χ4n) is 1.96. The van der Waals surface area contributed by atoms with Crippen molar-refractivity contribution in [2.24, 2.45) is 5.10 Å². The average Bonchev–Trinajstić information content (AvgIpc) is 2.47. The molecule has 114 valence electrons. The Labute approximate surface area is 138 Å². The number of nitrogens with one attached hydrogen (secondary N) is 1. The van der Waals surface area contributed by atoms with E-state index in [2.05, 4.69) is 26.5 Å². The number of hydrazone groups is 1. The lowest BCUT2D eigenvalue weighted by Gasteiger charge is -2.10. The Hall–Kier alpha value is -2.14. The molecule has 0 aliphatic carbocycles. The number of carbonyl (C=O) groups is 1. The number of hydrogen-bond acceptors (Lipinski definition) is 3. The third-order valence-electron chi connectivity index (χ3n) is 3.01. The molecule has 0 aromatic heterocycles. The molecule has 0 unspecified atom stereocenters. The fraction of sp³-hybridized carbons (Fsp3) is 0.176. The maximum absolute atomic E-state index is 11.7. The van der Waals surface area contributed by atoms with Crippen LogP contribution in [0.2, 0.25) is 0 Å². The molecule has 0 heterocycles. The van der Waals surface area contributed by atoms with E-state index in [9.17, 15) is 4.79 Å². The molecule has 0 atom stereocenters. The SMILES string of the molecule is Cc1cccc(C)c1OCC(=O)N/N=C\c1cccc(Br)c1. The Balaban J connectivity index is 1.86. The molecule has 5 heteroatoms. The quantitative estimate of drug-likeness (QED) is 0.654. The van der Waals surface area contributed by atoms with Gasteiger partial charge in [-0.1, -0.05) is 46.3 Å². The van der Waals surface area contributed by atoms with Gasteiger partial charge in [0.25, 0.3) is 5.91 Å². The lowest BCUT2D eigenvalue weighted by atomic mass is 10.1. The summed E-state index contributed by atoms with van der Waals surface area (Å²) in [5, 5.41) is 3.91. The van der Waals surface area contributed by atoms with Crippen LogP contribution < -0.4 is 10.2 Å². The van der Waals surface area contributed by atoms with Gasteiger partial charge in [-0.05, 0) is 42.7 Å². The van der Waals surface area contributed by atoms with Crippen LogP contribution in [0.15, 0.2) is 52.0 Å². The summed E-state index contributed by atoms with van der Waals surface area (Å²) >= 11 is 3.38. The van der Waals surface area contributed by atoms with Crippen molar-refractivity contribution in [1.82, 2.24) is 5.43 Å². The van der Waals surface area contributed by atoms with Crippen LogP contribution in [0.25, 0.3) is 0 Å².